The molecule has 17 heteroatoms. The highest BCUT2D eigenvalue weighted by molar-refractivity contribution is 5.55. The van der Waals surface area contributed by atoms with Crippen LogP contribution in [0.5, 0.6) is 23.0 Å². The molecule has 3 rings (SSSR count). The van der Waals surface area contributed by atoms with Crippen LogP contribution in [0.1, 0.15) is 16.7 Å². The van der Waals surface area contributed by atoms with Crippen LogP contribution in [0.3, 0.4) is 0 Å². The van der Waals surface area contributed by atoms with E-state index in [9.17, 15) is 52.7 Å². The zero-order valence-electron chi connectivity index (χ0n) is 17.8. The summed E-state index contributed by atoms with van der Waals surface area (Å²) >= 11 is 0. The molecule has 3 aromatic carbocycles. The Bertz CT molecular complexity index is 1400. The van der Waals surface area contributed by atoms with Gasteiger partial charge in [-0.2, -0.15) is 43.9 Å². The molecule has 0 heterocycles. The van der Waals surface area contributed by atoms with Gasteiger partial charge in [0.1, 0.15) is 11.4 Å². The minimum Gasteiger partial charge on any atom is -0.451 e. The van der Waals surface area contributed by atoms with Gasteiger partial charge in [0.25, 0.3) is 0 Å². The smallest absolute Gasteiger partial charge is 0.422 e. The number of alkyl halides is 9. The van der Waals surface area contributed by atoms with Gasteiger partial charge in [-0.15, -0.1) is 0 Å². The van der Waals surface area contributed by atoms with Crippen molar-refractivity contribution in [1.82, 2.24) is 0 Å². The van der Waals surface area contributed by atoms with Gasteiger partial charge in [0, 0.05) is 6.07 Å². The molecule has 0 radical (unpaired) electrons. The van der Waals surface area contributed by atoms with Crippen molar-refractivity contribution in [1.29, 1.82) is 0 Å². The molecule has 0 bridgehead atoms. The molecule has 38 heavy (non-hydrogen) atoms. The van der Waals surface area contributed by atoms with Crippen molar-refractivity contribution in [3.8, 4) is 23.0 Å². The van der Waals surface area contributed by atoms with Crippen LogP contribution in [-0.4, -0.2) is 0 Å². The Hall–Kier alpha value is -4.05. The van der Waals surface area contributed by atoms with Crippen LogP contribution in [0.2, 0.25) is 0 Å². The van der Waals surface area contributed by atoms with E-state index < -0.39 is 92.9 Å². The molecular formula is C21H9F13N2O2. The largest absolute Gasteiger partial charge is 0.451 e. The van der Waals surface area contributed by atoms with E-state index in [1.54, 1.807) is 0 Å². The monoisotopic (exact) mass is 568 g/mol. The Morgan fingerprint density at radius 3 is 1.29 bits per heavy atom. The third kappa shape index (κ3) is 5.60. The van der Waals surface area contributed by atoms with E-state index in [4.69, 9.17) is 11.5 Å². The Labute approximate surface area is 202 Å². The number of nitrogen functional groups attached to an aromatic ring is 2. The Kier molecular flexibility index (Phi) is 7.02. The van der Waals surface area contributed by atoms with Gasteiger partial charge >= 0.3 is 18.5 Å². The highest BCUT2D eigenvalue weighted by Crippen LogP contribution is 2.47. The number of hydrogen-bond acceptors (Lipinski definition) is 4. The fourth-order valence-electron chi connectivity index (χ4n) is 2.96. The number of hydrogen-bond donors (Lipinski definition) is 2. The number of rotatable bonds is 4. The third-order valence-electron chi connectivity index (χ3n) is 4.64. The van der Waals surface area contributed by atoms with E-state index in [2.05, 4.69) is 9.47 Å². The Balaban J connectivity index is 2.24. The fourth-order valence-corrected chi connectivity index (χ4v) is 2.96. The molecule has 206 valence electrons. The number of anilines is 2. The number of ether oxygens (including phenoxy) is 2. The van der Waals surface area contributed by atoms with Crippen LogP contribution in [0.25, 0.3) is 0 Å². The average Bonchev–Trinajstić information content (AvgIpc) is 2.74. The van der Waals surface area contributed by atoms with E-state index in [1.165, 1.54) is 0 Å². The minimum absolute atomic E-state index is 0.0319. The van der Waals surface area contributed by atoms with E-state index in [0.717, 1.165) is 0 Å². The van der Waals surface area contributed by atoms with Crippen molar-refractivity contribution in [3.63, 3.8) is 0 Å². The van der Waals surface area contributed by atoms with Gasteiger partial charge in [-0.05, 0) is 24.3 Å². The number of halogens is 13. The van der Waals surface area contributed by atoms with Gasteiger partial charge in [0.15, 0.2) is 34.6 Å². The van der Waals surface area contributed by atoms with E-state index in [-0.39, 0.29) is 30.3 Å². The summed E-state index contributed by atoms with van der Waals surface area (Å²) < 4.78 is 185. The lowest BCUT2D eigenvalue weighted by Gasteiger charge is -2.19. The summed E-state index contributed by atoms with van der Waals surface area (Å²) in [4.78, 5) is 0. The molecule has 0 saturated heterocycles. The van der Waals surface area contributed by atoms with Crippen molar-refractivity contribution in [2.75, 3.05) is 11.5 Å². The molecule has 0 aliphatic rings. The molecular weight excluding hydrogens is 559 g/mol. The first-order valence-electron chi connectivity index (χ1n) is 9.49. The van der Waals surface area contributed by atoms with Crippen molar-refractivity contribution in [3.05, 3.63) is 70.3 Å². The number of benzene rings is 3. The summed E-state index contributed by atoms with van der Waals surface area (Å²) in [5, 5.41) is 0. The topological polar surface area (TPSA) is 70.5 Å². The first-order valence-corrected chi connectivity index (χ1v) is 9.49. The second-order valence-electron chi connectivity index (χ2n) is 7.33. The highest BCUT2D eigenvalue weighted by Gasteiger charge is 2.42. The predicted molar refractivity (Wildman–Crippen MR) is 103 cm³/mol. The molecule has 0 amide bonds. The standard InChI is InChI=1S/C21H9F13N2O2/c22-8-5-13(37-11-3-6(19(26,27)28)1-9(35)15(11)23)17(25)18(14(8)21(32,33)34)38-12-4-7(20(29,30)31)2-10(36)16(12)24/h1-5H,35-36H2. The third-order valence-corrected chi connectivity index (χ3v) is 4.64. The summed E-state index contributed by atoms with van der Waals surface area (Å²) in [6.07, 6.45) is -16.2. The summed E-state index contributed by atoms with van der Waals surface area (Å²) in [6, 6.07) is -0.540. The second kappa shape index (κ2) is 9.36. The maximum Gasteiger partial charge on any atom is 0.422 e. The molecule has 3 aromatic rings. The maximum absolute atomic E-state index is 15.1. The lowest BCUT2D eigenvalue weighted by atomic mass is 10.1. The molecule has 4 N–H and O–H groups in total. The molecule has 4 nitrogen and oxygen atoms in total. The van der Waals surface area contributed by atoms with Crippen LogP contribution in [0.15, 0.2) is 30.3 Å². The molecule has 0 aliphatic carbocycles. The first kappa shape index (κ1) is 28.5. The van der Waals surface area contributed by atoms with E-state index in [0.29, 0.717) is 0 Å². The molecule has 0 spiro atoms. The lowest BCUT2D eigenvalue weighted by Crippen LogP contribution is -2.14. The van der Waals surface area contributed by atoms with Gasteiger partial charge < -0.3 is 20.9 Å². The second-order valence-corrected chi connectivity index (χ2v) is 7.33. The van der Waals surface area contributed by atoms with E-state index >= 15 is 4.39 Å². The highest BCUT2D eigenvalue weighted by atomic mass is 19.4. The van der Waals surface area contributed by atoms with Crippen molar-refractivity contribution < 1.29 is 66.5 Å². The molecule has 0 unspecified atom stereocenters. The van der Waals surface area contributed by atoms with Crippen LogP contribution < -0.4 is 20.9 Å². The molecule has 0 atom stereocenters. The quantitative estimate of drug-likeness (QED) is 0.247. The first-order chi connectivity index (χ1) is 17.2. The zero-order chi connectivity index (χ0) is 29.0. The summed E-state index contributed by atoms with van der Waals surface area (Å²) in [7, 11) is 0. The normalized spacial score (nSPS) is 12.6. The van der Waals surface area contributed by atoms with Gasteiger partial charge in [0.05, 0.1) is 22.5 Å². The van der Waals surface area contributed by atoms with Gasteiger partial charge in [-0.1, -0.05) is 0 Å². The van der Waals surface area contributed by atoms with Gasteiger partial charge in [-0.3, -0.25) is 0 Å². The summed E-state index contributed by atoms with van der Waals surface area (Å²) in [6.45, 7) is 0. The summed E-state index contributed by atoms with van der Waals surface area (Å²) in [5.74, 6) is -15.8. The molecule has 0 aliphatic heterocycles. The van der Waals surface area contributed by atoms with Crippen LogP contribution in [0, 0.1) is 23.3 Å². The SMILES string of the molecule is Nc1cc(C(F)(F)F)cc(Oc2cc(F)c(C(F)(F)F)c(Oc3cc(C(F)(F)F)cc(N)c3F)c2F)c1F. The van der Waals surface area contributed by atoms with Crippen LogP contribution in [0.4, 0.5) is 68.5 Å². The lowest BCUT2D eigenvalue weighted by molar-refractivity contribution is -0.141. The van der Waals surface area contributed by atoms with Crippen molar-refractivity contribution in [2.24, 2.45) is 0 Å². The molecule has 0 fully saturated rings. The maximum atomic E-state index is 15.1. The van der Waals surface area contributed by atoms with Gasteiger partial charge in [-0.25, -0.2) is 13.2 Å². The number of nitrogens with two attached hydrogens (primary N) is 2. The van der Waals surface area contributed by atoms with Crippen LogP contribution >= 0.6 is 0 Å². The van der Waals surface area contributed by atoms with E-state index in [1.807, 2.05) is 0 Å². The van der Waals surface area contributed by atoms with Crippen molar-refractivity contribution in [2.45, 2.75) is 18.5 Å². The average molecular weight is 568 g/mol. The molecule has 0 saturated carbocycles. The van der Waals surface area contributed by atoms with Gasteiger partial charge in [0.2, 0.25) is 5.82 Å². The zero-order valence-corrected chi connectivity index (χ0v) is 17.8. The van der Waals surface area contributed by atoms with Crippen LogP contribution in [-0.2, 0) is 18.5 Å². The minimum atomic E-state index is -5.83. The Morgan fingerprint density at radius 2 is 0.895 bits per heavy atom. The Morgan fingerprint density at radius 1 is 0.500 bits per heavy atom. The predicted octanol–water partition coefficient (Wildman–Crippen LogP) is 8.05. The summed E-state index contributed by atoms with van der Waals surface area (Å²) in [5.41, 5.74) is 1.62. The van der Waals surface area contributed by atoms with Crippen molar-refractivity contribution >= 4 is 11.4 Å². The molecule has 0 aromatic heterocycles. The fraction of sp³-hybridized carbons (Fsp3) is 0.143.